The predicted octanol–water partition coefficient (Wildman–Crippen LogP) is 4.64. The third-order valence-corrected chi connectivity index (χ3v) is 6.54. The van der Waals surface area contributed by atoms with Crippen LogP contribution in [0.5, 0.6) is 0 Å². The van der Waals surface area contributed by atoms with Crippen molar-refractivity contribution in [1.82, 2.24) is 9.97 Å². The first-order valence-corrected chi connectivity index (χ1v) is 9.76. The SMILES string of the molecule is CCNc1nc(CSC(C)CC)nc2sc3c(c12)CCC3. The average molecular weight is 322 g/mol. The van der Waals surface area contributed by atoms with Crippen molar-refractivity contribution in [3.8, 4) is 0 Å². The Morgan fingerprint density at radius 2 is 2.14 bits per heavy atom. The van der Waals surface area contributed by atoms with E-state index in [0.29, 0.717) is 5.25 Å². The third-order valence-electron chi connectivity index (χ3n) is 4.03. The van der Waals surface area contributed by atoms with E-state index in [0.717, 1.165) is 23.9 Å². The van der Waals surface area contributed by atoms with Gasteiger partial charge in [-0.3, -0.25) is 0 Å². The van der Waals surface area contributed by atoms with Gasteiger partial charge in [-0.2, -0.15) is 11.8 Å². The minimum Gasteiger partial charge on any atom is -0.370 e. The summed E-state index contributed by atoms with van der Waals surface area (Å²) in [5.74, 6) is 2.94. The Morgan fingerprint density at radius 1 is 1.29 bits per heavy atom. The van der Waals surface area contributed by atoms with Crippen LogP contribution in [0.2, 0.25) is 0 Å². The molecule has 3 nitrogen and oxygen atoms in total. The van der Waals surface area contributed by atoms with Crippen LogP contribution in [0.4, 0.5) is 5.82 Å². The van der Waals surface area contributed by atoms with Crippen LogP contribution in [0.15, 0.2) is 0 Å². The van der Waals surface area contributed by atoms with Gasteiger partial charge in [0.25, 0.3) is 0 Å². The van der Waals surface area contributed by atoms with E-state index in [4.69, 9.17) is 9.97 Å². The number of thiophene rings is 1. The fourth-order valence-corrected chi connectivity index (χ4v) is 4.81. The Hall–Kier alpha value is -0.810. The smallest absolute Gasteiger partial charge is 0.142 e. The molecule has 0 fully saturated rings. The van der Waals surface area contributed by atoms with Crippen LogP contribution < -0.4 is 5.32 Å². The second-order valence-electron chi connectivity index (χ2n) is 5.59. The normalized spacial score (nSPS) is 15.4. The summed E-state index contributed by atoms with van der Waals surface area (Å²) in [4.78, 5) is 12.4. The minimum atomic E-state index is 0.667. The Bertz CT molecular complexity index is 636. The first kappa shape index (κ1) is 15.1. The van der Waals surface area contributed by atoms with Crippen LogP contribution in [0.25, 0.3) is 10.2 Å². The van der Waals surface area contributed by atoms with E-state index in [9.17, 15) is 0 Å². The van der Waals surface area contributed by atoms with Gasteiger partial charge in [0.05, 0.1) is 11.1 Å². The van der Waals surface area contributed by atoms with Crippen LogP contribution in [0, 0.1) is 0 Å². The number of fused-ring (bicyclic) bond motifs is 3. The monoisotopic (exact) mass is 321 g/mol. The Morgan fingerprint density at radius 3 is 2.90 bits per heavy atom. The van der Waals surface area contributed by atoms with Gasteiger partial charge in [0, 0.05) is 16.7 Å². The van der Waals surface area contributed by atoms with Crippen molar-refractivity contribution in [3.05, 3.63) is 16.3 Å². The van der Waals surface area contributed by atoms with Crippen LogP contribution in [-0.2, 0) is 18.6 Å². The second-order valence-corrected chi connectivity index (χ2v) is 8.10. The molecule has 0 saturated carbocycles. The van der Waals surface area contributed by atoms with Gasteiger partial charge in [-0.1, -0.05) is 13.8 Å². The number of thioether (sulfide) groups is 1. The van der Waals surface area contributed by atoms with E-state index in [1.54, 1.807) is 0 Å². The van der Waals surface area contributed by atoms with E-state index < -0.39 is 0 Å². The molecule has 0 amide bonds. The molecule has 0 saturated heterocycles. The summed E-state index contributed by atoms with van der Waals surface area (Å²) in [6, 6.07) is 0. The molecule has 0 spiro atoms. The molecule has 114 valence electrons. The largest absolute Gasteiger partial charge is 0.370 e. The molecule has 1 N–H and O–H groups in total. The fraction of sp³-hybridized carbons (Fsp3) is 0.625. The molecule has 1 aliphatic carbocycles. The van der Waals surface area contributed by atoms with E-state index in [-0.39, 0.29) is 0 Å². The van der Waals surface area contributed by atoms with Gasteiger partial charge in [0.15, 0.2) is 0 Å². The van der Waals surface area contributed by atoms with Crippen molar-refractivity contribution in [3.63, 3.8) is 0 Å². The lowest BCUT2D eigenvalue weighted by molar-refractivity contribution is 0.901. The van der Waals surface area contributed by atoms with Crippen LogP contribution in [0.1, 0.15) is 49.9 Å². The topological polar surface area (TPSA) is 37.8 Å². The summed E-state index contributed by atoms with van der Waals surface area (Å²) in [7, 11) is 0. The van der Waals surface area contributed by atoms with E-state index in [1.165, 1.54) is 46.3 Å². The number of rotatable bonds is 6. The molecule has 1 unspecified atom stereocenters. The fourth-order valence-electron chi connectivity index (χ4n) is 2.73. The van der Waals surface area contributed by atoms with Crippen molar-refractivity contribution in [2.24, 2.45) is 0 Å². The molecule has 3 rings (SSSR count). The van der Waals surface area contributed by atoms with Gasteiger partial charge in [0.1, 0.15) is 16.5 Å². The van der Waals surface area contributed by atoms with Gasteiger partial charge < -0.3 is 5.32 Å². The maximum absolute atomic E-state index is 4.83. The van der Waals surface area contributed by atoms with Gasteiger partial charge in [0.2, 0.25) is 0 Å². The number of hydrogen-bond donors (Lipinski definition) is 1. The van der Waals surface area contributed by atoms with Crippen LogP contribution in [0.3, 0.4) is 0 Å². The highest BCUT2D eigenvalue weighted by Crippen LogP contribution is 2.39. The van der Waals surface area contributed by atoms with Crippen LogP contribution >= 0.6 is 23.1 Å². The van der Waals surface area contributed by atoms with Crippen molar-refractivity contribution in [2.75, 3.05) is 11.9 Å². The molecule has 2 heterocycles. The van der Waals surface area contributed by atoms with Crippen molar-refractivity contribution in [2.45, 2.75) is 57.5 Å². The van der Waals surface area contributed by atoms with Gasteiger partial charge in [-0.05, 0) is 38.2 Å². The number of aromatic nitrogens is 2. The number of aryl methyl sites for hydroxylation is 2. The first-order chi connectivity index (χ1) is 10.2. The molecular formula is C16H23N3S2. The third kappa shape index (κ3) is 3.04. The number of nitrogens with one attached hydrogen (secondary N) is 1. The Labute approximate surface area is 135 Å². The van der Waals surface area contributed by atoms with Crippen molar-refractivity contribution >= 4 is 39.1 Å². The zero-order valence-electron chi connectivity index (χ0n) is 13.0. The number of hydrogen-bond acceptors (Lipinski definition) is 5. The summed E-state index contributed by atoms with van der Waals surface area (Å²) in [5, 5.41) is 5.42. The van der Waals surface area contributed by atoms with Crippen LogP contribution in [-0.4, -0.2) is 21.8 Å². The lowest BCUT2D eigenvalue weighted by Crippen LogP contribution is -2.05. The highest BCUT2D eigenvalue weighted by Gasteiger charge is 2.22. The molecule has 1 aliphatic rings. The van der Waals surface area contributed by atoms with Crippen molar-refractivity contribution in [1.29, 1.82) is 0 Å². The highest BCUT2D eigenvalue weighted by molar-refractivity contribution is 7.99. The van der Waals surface area contributed by atoms with Gasteiger partial charge in [-0.25, -0.2) is 9.97 Å². The minimum absolute atomic E-state index is 0.667. The number of nitrogens with zero attached hydrogens (tertiary/aromatic N) is 2. The summed E-state index contributed by atoms with van der Waals surface area (Å²) in [5.41, 5.74) is 1.51. The highest BCUT2D eigenvalue weighted by atomic mass is 32.2. The maximum atomic E-state index is 4.83. The molecular weight excluding hydrogens is 298 g/mol. The Balaban J connectivity index is 1.96. The van der Waals surface area contributed by atoms with E-state index in [1.807, 2.05) is 23.1 Å². The average Bonchev–Trinajstić information content (AvgIpc) is 3.05. The van der Waals surface area contributed by atoms with Gasteiger partial charge >= 0.3 is 0 Å². The lowest BCUT2D eigenvalue weighted by Gasteiger charge is -2.10. The Kier molecular flexibility index (Phi) is 4.69. The van der Waals surface area contributed by atoms with E-state index in [2.05, 4.69) is 26.1 Å². The molecule has 1 atom stereocenters. The first-order valence-electron chi connectivity index (χ1n) is 7.89. The molecule has 0 aliphatic heterocycles. The predicted molar refractivity (Wildman–Crippen MR) is 94.7 cm³/mol. The van der Waals surface area contributed by atoms with Gasteiger partial charge in [-0.15, -0.1) is 11.3 Å². The molecule has 2 aromatic heterocycles. The zero-order chi connectivity index (χ0) is 14.8. The number of anilines is 1. The summed E-state index contributed by atoms with van der Waals surface area (Å²) < 4.78 is 0. The summed E-state index contributed by atoms with van der Waals surface area (Å²) in [6.07, 6.45) is 4.89. The molecule has 5 heteroatoms. The summed E-state index contributed by atoms with van der Waals surface area (Å²) >= 11 is 3.83. The molecule has 0 bridgehead atoms. The van der Waals surface area contributed by atoms with E-state index >= 15 is 0 Å². The molecule has 2 aromatic rings. The maximum Gasteiger partial charge on any atom is 0.142 e. The second kappa shape index (κ2) is 6.53. The zero-order valence-corrected chi connectivity index (χ0v) is 14.7. The molecule has 0 aromatic carbocycles. The summed E-state index contributed by atoms with van der Waals surface area (Å²) in [6.45, 7) is 7.55. The van der Waals surface area contributed by atoms with Crippen molar-refractivity contribution < 1.29 is 0 Å². The molecule has 0 radical (unpaired) electrons. The lowest BCUT2D eigenvalue weighted by atomic mass is 10.2. The quantitative estimate of drug-likeness (QED) is 0.841. The molecule has 21 heavy (non-hydrogen) atoms. The standard InChI is InChI=1S/C16H23N3S2/c1-4-10(3)20-9-13-18-15(17-5-2)14-11-7-6-8-12(11)21-16(14)19-13/h10H,4-9H2,1-3H3,(H,17,18,19).